The van der Waals surface area contributed by atoms with Crippen LogP contribution in [-0.4, -0.2) is 22.2 Å². The number of hydrazone groups is 1. The number of benzene rings is 2. The Balaban J connectivity index is 1.81. The van der Waals surface area contributed by atoms with Crippen molar-refractivity contribution in [3.63, 3.8) is 0 Å². The van der Waals surface area contributed by atoms with Crippen LogP contribution in [0.5, 0.6) is 5.75 Å². The average molecular weight is 319 g/mol. The van der Waals surface area contributed by atoms with Crippen LogP contribution in [-0.2, 0) is 0 Å². The molecule has 0 bridgehead atoms. The smallest absolute Gasteiger partial charge is 0.273 e. The molecule has 2 aromatic carbocycles. The third-order valence-corrected chi connectivity index (χ3v) is 3.76. The second kappa shape index (κ2) is 6.50. The van der Waals surface area contributed by atoms with Gasteiger partial charge in [-0.05, 0) is 55.3 Å². The summed E-state index contributed by atoms with van der Waals surface area (Å²) in [6.07, 6.45) is 1.52. The fraction of sp³-hybridized carbons (Fsp3) is 0.105. The lowest BCUT2D eigenvalue weighted by atomic mass is 10.1. The highest BCUT2D eigenvalue weighted by atomic mass is 16.3. The van der Waals surface area contributed by atoms with E-state index < -0.39 is 0 Å². The van der Waals surface area contributed by atoms with Gasteiger partial charge >= 0.3 is 0 Å². The topological polar surface area (TPSA) is 74.6 Å². The van der Waals surface area contributed by atoms with Crippen LogP contribution in [0, 0.1) is 13.8 Å². The summed E-state index contributed by atoms with van der Waals surface area (Å²) < 4.78 is 0. The van der Waals surface area contributed by atoms with Gasteiger partial charge in [-0.25, -0.2) is 5.43 Å². The zero-order valence-corrected chi connectivity index (χ0v) is 13.4. The standard InChI is InChI=1S/C19H17N3O2/c1-12-4-3-5-15-10-17(13(2)21-18(12)15)19(24)22-20-11-14-6-8-16(23)9-7-14/h3-11,23H,1-2H3,(H,22,24)/b20-11-. The number of nitrogens with one attached hydrogen (secondary N) is 1. The molecule has 24 heavy (non-hydrogen) atoms. The number of carbonyl (C=O) groups is 1. The first kappa shape index (κ1) is 15.7. The lowest BCUT2D eigenvalue weighted by Gasteiger charge is -2.07. The maximum Gasteiger partial charge on any atom is 0.273 e. The molecule has 0 saturated heterocycles. The fourth-order valence-corrected chi connectivity index (χ4v) is 2.45. The summed E-state index contributed by atoms with van der Waals surface area (Å²) in [5.74, 6) is -0.122. The first-order valence-electron chi connectivity index (χ1n) is 7.54. The lowest BCUT2D eigenvalue weighted by Crippen LogP contribution is -2.19. The number of hydrogen-bond donors (Lipinski definition) is 2. The van der Waals surface area contributed by atoms with Gasteiger partial charge in [-0.15, -0.1) is 0 Å². The molecule has 2 N–H and O–H groups in total. The number of aromatic hydroxyl groups is 1. The third-order valence-electron chi connectivity index (χ3n) is 3.76. The fourth-order valence-electron chi connectivity index (χ4n) is 2.45. The van der Waals surface area contributed by atoms with Crippen molar-refractivity contribution in [2.75, 3.05) is 0 Å². The SMILES string of the molecule is Cc1nc2c(C)cccc2cc1C(=O)N/N=C\c1ccc(O)cc1. The monoisotopic (exact) mass is 319 g/mol. The zero-order valence-electron chi connectivity index (χ0n) is 13.4. The summed E-state index contributed by atoms with van der Waals surface area (Å²) in [4.78, 5) is 16.9. The highest BCUT2D eigenvalue weighted by Gasteiger charge is 2.11. The van der Waals surface area contributed by atoms with E-state index in [1.807, 2.05) is 38.1 Å². The quantitative estimate of drug-likeness (QED) is 0.574. The van der Waals surface area contributed by atoms with Crippen molar-refractivity contribution >= 4 is 23.0 Å². The van der Waals surface area contributed by atoms with Gasteiger partial charge in [0.25, 0.3) is 5.91 Å². The summed E-state index contributed by atoms with van der Waals surface area (Å²) in [6, 6.07) is 14.2. The Hall–Kier alpha value is -3.21. The Morgan fingerprint density at radius 3 is 2.67 bits per heavy atom. The zero-order chi connectivity index (χ0) is 17.1. The minimum atomic E-state index is -0.307. The first-order chi connectivity index (χ1) is 11.5. The van der Waals surface area contributed by atoms with Crippen molar-refractivity contribution in [2.24, 2.45) is 5.10 Å². The van der Waals surface area contributed by atoms with E-state index in [4.69, 9.17) is 0 Å². The maximum absolute atomic E-state index is 12.3. The highest BCUT2D eigenvalue weighted by Crippen LogP contribution is 2.19. The molecule has 1 aromatic heterocycles. The maximum atomic E-state index is 12.3. The van der Waals surface area contributed by atoms with Gasteiger partial charge in [0.1, 0.15) is 5.75 Å². The molecule has 0 aliphatic carbocycles. The van der Waals surface area contributed by atoms with Crippen molar-refractivity contribution < 1.29 is 9.90 Å². The summed E-state index contributed by atoms with van der Waals surface area (Å²) in [5.41, 5.74) is 6.42. The molecule has 0 aliphatic heterocycles. The number of amides is 1. The molecule has 0 aliphatic rings. The van der Waals surface area contributed by atoms with Crippen molar-refractivity contribution in [2.45, 2.75) is 13.8 Å². The number of carbonyl (C=O) groups excluding carboxylic acids is 1. The molecule has 0 spiro atoms. The molecular weight excluding hydrogens is 302 g/mol. The number of hydrogen-bond acceptors (Lipinski definition) is 4. The minimum Gasteiger partial charge on any atom is -0.508 e. The van der Waals surface area contributed by atoms with Gasteiger partial charge in [0.2, 0.25) is 0 Å². The Labute approximate surface area is 139 Å². The minimum absolute atomic E-state index is 0.185. The van der Waals surface area contributed by atoms with Gasteiger partial charge in [0.05, 0.1) is 23.0 Å². The molecule has 0 saturated carbocycles. The van der Waals surface area contributed by atoms with E-state index in [0.717, 1.165) is 22.0 Å². The predicted octanol–water partition coefficient (Wildman–Crippen LogP) is 3.32. The molecule has 3 aromatic rings. The number of pyridine rings is 1. The number of aromatic nitrogens is 1. The number of phenols is 1. The summed E-state index contributed by atoms with van der Waals surface area (Å²) in [5, 5.41) is 14.1. The number of aryl methyl sites for hydroxylation is 2. The number of phenolic OH excluding ortho intramolecular Hbond substituents is 1. The second-order valence-corrected chi connectivity index (χ2v) is 5.56. The van der Waals surface area contributed by atoms with Crippen LogP contribution in [0.2, 0.25) is 0 Å². The Morgan fingerprint density at radius 2 is 1.92 bits per heavy atom. The van der Waals surface area contributed by atoms with Crippen LogP contribution in [0.25, 0.3) is 10.9 Å². The van der Waals surface area contributed by atoms with E-state index in [0.29, 0.717) is 11.3 Å². The van der Waals surface area contributed by atoms with Crippen LogP contribution < -0.4 is 5.43 Å². The van der Waals surface area contributed by atoms with Gasteiger partial charge < -0.3 is 5.11 Å². The number of rotatable bonds is 3. The van der Waals surface area contributed by atoms with Gasteiger partial charge in [-0.3, -0.25) is 9.78 Å². The molecule has 0 radical (unpaired) electrons. The van der Waals surface area contributed by atoms with Crippen LogP contribution in [0.4, 0.5) is 0 Å². The van der Waals surface area contributed by atoms with E-state index >= 15 is 0 Å². The van der Waals surface area contributed by atoms with Crippen molar-refractivity contribution in [3.8, 4) is 5.75 Å². The number of fused-ring (bicyclic) bond motifs is 1. The van der Waals surface area contributed by atoms with Gasteiger partial charge in [-0.1, -0.05) is 18.2 Å². The molecule has 5 nitrogen and oxygen atoms in total. The average Bonchev–Trinajstić information content (AvgIpc) is 2.57. The first-order valence-corrected chi connectivity index (χ1v) is 7.54. The number of nitrogens with zero attached hydrogens (tertiary/aromatic N) is 2. The molecule has 0 unspecified atom stereocenters. The summed E-state index contributed by atoms with van der Waals surface area (Å²) in [6.45, 7) is 3.81. The van der Waals surface area contributed by atoms with Gasteiger partial charge in [0.15, 0.2) is 0 Å². The van der Waals surface area contributed by atoms with E-state index in [1.54, 1.807) is 24.3 Å². The molecule has 5 heteroatoms. The van der Waals surface area contributed by atoms with Gasteiger partial charge in [0, 0.05) is 5.39 Å². The van der Waals surface area contributed by atoms with Crippen molar-refractivity contribution in [3.05, 3.63) is 70.9 Å². The van der Waals surface area contributed by atoms with Crippen molar-refractivity contribution in [1.29, 1.82) is 0 Å². The third kappa shape index (κ3) is 3.25. The molecule has 120 valence electrons. The van der Waals surface area contributed by atoms with Crippen LogP contribution in [0.3, 0.4) is 0 Å². The molecular formula is C19H17N3O2. The predicted molar refractivity (Wildman–Crippen MR) is 94.4 cm³/mol. The molecule has 0 fully saturated rings. The Kier molecular flexibility index (Phi) is 4.24. The van der Waals surface area contributed by atoms with Gasteiger partial charge in [-0.2, -0.15) is 5.10 Å². The second-order valence-electron chi connectivity index (χ2n) is 5.56. The Morgan fingerprint density at radius 1 is 1.17 bits per heavy atom. The molecule has 1 heterocycles. The molecule has 0 atom stereocenters. The summed E-state index contributed by atoms with van der Waals surface area (Å²) in [7, 11) is 0. The van der Waals surface area contributed by atoms with E-state index in [-0.39, 0.29) is 11.7 Å². The molecule has 1 amide bonds. The molecule has 3 rings (SSSR count). The van der Waals surface area contributed by atoms with Crippen LogP contribution >= 0.6 is 0 Å². The highest BCUT2D eigenvalue weighted by molar-refractivity contribution is 5.99. The Bertz CT molecular complexity index is 931. The van der Waals surface area contributed by atoms with E-state index in [1.165, 1.54) is 6.21 Å². The summed E-state index contributed by atoms with van der Waals surface area (Å²) >= 11 is 0. The normalized spacial score (nSPS) is 11.1. The van der Waals surface area contributed by atoms with Crippen molar-refractivity contribution in [1.82, 2.24) is 10.4 Å². The van der Waals surface area contributed by atoms with Crippen LogP contribution in [0.15, 0.2) is 53.6 Å². The lowest BCUT2D eigenvalue weighted by molar-refractivity contribution is 0.0954. The van der Waals surface area contributed by atoms with E-state index in [9.17, 15) is 9.90 Å². The number of para-hydroxylation sites is 1. The van der Waals surface area contributed by atoms with E-state index in [2.05, 4.69) is 15.5 Å². The van der Waals surface area contributed by atoms with Crippen LogP contribution in [0.1, 0.15) is 27.2 Å². The largest absolute Gasteiger partial charge is 0.508 e.